The van der Waals surface area contributed by atoms with E-state index >= 15 is 0 Å². The van der Waals surface area contributed by atoms with E-state index in [-0.39, 0.29) is 24.1 Å². The highest BCUT2D eigenvalue weighted by Gasteiger charge is 2.25. The van der Waals surface area contributed by atoms with Crippen LogP contribution < -0.4 is 10.2 Å². The lowest BCUT2D eigenvalue weighted by Gasteiger charge is -2.30. The van der Waals surface area contributed by atoms with Crippen LogP contribution in [0.4, 0.5) is 10.1 Å². The first-order valence-corrected chi connectivity index (χ1v) is 8.58. The Balaban J connectivity index is 1.52. The van der Waals surface area contributed by atoms with Crippen molar-refractivity contribution in [3.63, 3.8) is 0 Å². The zero-order valence-corrected chi connectivity index (χ0v) is 14.0. The summed E-state index contributed by atoms with van der Waals surface area (Å²) in [6.07, 6.45) is 2.44. The first kappa shape index (κ1) is 17.1. The lowest BCUT2D eigenvalue weighted by molar-refractivity contribution is -0.118. The fourth-order valence-electron chi connectivity index (χ4n) is 3.12. The van der Waals surface area contributed by atoms with Crippen LogP contribution in [0, 0.1) is 5.82 Å². The van der Waals surface area contributed by atoms with E-state index < -0.39 is 0 Å². The van der Waals surface area contributed by atoms with Gasteiger partial charge in [-0.15, -0.1) is 0 Å². The maximum atomic E-state index is 14.1. The molecule has 2 aromatic rings. The van der Waals surface area contributed by atoms with Crippen LogP contribution in [-0.4, -0.2) is 24.9 Å². The molecule has 0 unspecified atom stereocenters. The fourth-order valence-corrected chi connectivity index (χ4v) is 3.12. The Morgan fingerprint density at radius 2 is 1.88 bits per heavy atom. The first-order chi connectivity index (χ1) is 12.2. The standard InChI is InChI=1S/C20H21FN2O2/c21-17-11-4-9-15-10-6-14-23(19(15)17)18(24)12-5-13-22-20(25)16-7-2-1-3-8-16/h1-4,7-9,11H,5-6,10,12-14H2,(H,22,25). The Hall–Kier alpha value is -2.69. The number of amides is 2. The smallest absolute Gasteiger partial charge is 0.251 e. The summed E-state index contributed by atoms with van der Waals surface area (Å²) >= 11 is 0. The summed E-state index contributed by atoms with van der Waals surface area (Å²) < 4.78 is 14.1. The van der Waals surface area contributed by atoms with Crippen LogP contribution >= 0.6 is 0 Å². The molecule has 3 rings (SSSR count). The molecule has 130 valence electrons. The molecule has 0 aromatic heterocycles. The number of hydrogen-bond donors (Lipinski definition) is 1. The van der Waals surface area contributed by atoms with Crippen molar-refractivity contribution in [2.75, 3.05) is 18.0 Å². The summed E-state index contributed by atoms with van der Waals surface area (Å²) in [5, 5.41) is 2.80. The molecule has 1 aliphatic heterocycles. The number of para-hydroxylation sites is 1. The zero-order chi connectivity index (χ0) is 17.6. The summed E-state index contributed by atoms with van der Waals surface area (Å²) in [4.78, 5) is 26.0. The van der Waals surface area contributed by atoms with Gasteiger partial charge in [-0.05, 0) is 43.0 Å². The molecule has 0 radical (unpaired) electrons. The fraction of sp³-hybridized carbons (Fsp3) is 0.300. The highest BCUT2D eigenvalue weighted by molar-refractivity contribution is 5.95. The van der Waals surface area contributed by atoms with Gasteiger partial charge in [-0.2, -0.15) is 0 Å². The van der Waals surface area contributed by atoms with E-state index in [2.05, 4.69) is 5.32 Å². The van der Waals surface area contributed by atoms with Crippen molar-refractivity contribution in [3.8, 4) is 0 Å². The van der Waals surface area contributed by atoms with E-state index in [1.807, 2.05) is 12.1 Å². The van der Waals surface area contributed by atoms with Crippen LogP contribution in [0.15, 0.2) is 48.5 Å². The second kappa shape index (κ2) is 7.92. The lowest BCUT2D eigenvalue weighted by atomic mass is 10.0. The molecular formula is C20H21FN2O2. The topological polar surface area (TPSA) is 49.4 Å². The highest BCUT2D eigenvalue weighted by Crippen LogP contribution is 2.30. The molecular weight excluding hydrogens is 319 g/mol. The number of hydrogen-bond acceptors (Lipinski definition) is 2. The van der Waals surface area contributed by atoms with E-state index in [0.717, 1.165) is 18.4 Å². The molecule has 4 nitrogen and oxygen atoms in total. The number of nitrogens with one attached hydrogen (secondary N) is 1. The number of halogens is 1. The van der Waals surface area contributed by atoms with Crippen LogP contribution in [0.5, 0.6) is 0 Å². The molecule has 5 heteroatoms. The minimum absolute atomic E-state index is 0.0972. The molecule has 1 heterocycles. The second-order valence-corrected chi connectivity index (χ2v) is 6.12. The van der Waals surface area contributed by atoms with Crippen LogP contribution in [-0.2, 0) is 11.2 Å². The molecule has 1 N–H and O–H groups in total. The van der Waals surface area contributed by atoms with Gasteiger partial charge >= 0.3 is 0 Å². The van der Waals surface area contributed by atoms with Gasteiger partial charge in [0, 0.05) is 25.1 Å². The molecule has 1 aliphatic rings. The van der Waals surface area contributed by atoms with E-state index in [1.54, 1.807) is 35.2 Å². The van der Waals surface area contributed by atoms with E-state index in [4.69, 9.17) is 0 Å². The van der Waals surface area contributed by atoms with E-state index in [1.165, 1.54) is 6.07 Å². The van der Waals surface area contributed by atoms with Crippen LogP contribution in [0.2, 0.25) is 0 Å². The van der Waals surface area contributed by atoms with Gasteiger partial charge in [0.05, 0.1) is 5.69 Å². The Kier molecular flexibility index (Phi) is 5.43. The van der Waals surface area contributed by atoms with Crippen molar-refractivity contribution in [2.24, 2.45) is 0 Å². The summed E-state index contributed by atoms with van der Waals surface area (Å²) in [6.45, 7) is 0.959. The van der Waals surface area contributed by atoms with Crippen molar-refractivity contribution in [1.82, 2.24) is 5.32 Å². The summed E-state index contributed by atoms with van der Waals surface area (Å²) in [5.74, 6) is -0.592. The number of anilines is 1. The number of fused-ring (bicyclic) bond motifs is 1. The van der Waals surface area contributed by atoms with Crippen molar-refractivity contribution in [1.29, 1.82) is 0 Å². The second-order valence-electron chi connectivity index (χ2n) is 6.12. The summed E-state index contributed by atoms with van der Waals surface area (Å²) in [6, 6.07) is 13.9. The van der Waals surface area contributed by atoms with Gasteiger partial charge in [0.15, 0.2) is 0 Å². The van der Waals surface area contributed by atoms with Gasteiger partial charge in [-0.1, -0.05) is 30.3 Å². The molecule has 0 aliphatic carbocycles. The van der Waals surface area contributed by atoms with Gasteiger partial charge in [0.2, 0.25) is 5.91 Å². The third-order valence-electron chi connectivity index (χ3n) is 4.36. The third-order valence-corrected chi connectivity index (χ3v) is 4.36. The molecule has 0 fully saturated rings. The predicted molar refractivity (Wildman–Crippen MR) is 95.1 cm³/mol. The average Bonchev–Trinajstić information content (AvgIpc) is 2.65. The normalized spacial score (nSPS) is 13.2. The third kappa shape index (κ3) is 4.05. The molecule has 25 heavy (non-hydrogen) atoms. The van der Waals surface area contributed by atoms with Gasteiger partial charge in [-0.3, -0.25) is 9.59 Å². The molecule has 2 aromatic carbocycles. The van der Waals surface area contributed by atoms with Gasteiger partial charge < -0.3 is 10.2 Å². The zero-order valence-electron chi connectivity index (χ0n) is 14.0. The summed E-state index contributed by atoms with van der Waals surface area (Å²) in [5.41, 5.74) is 1.91. The van der Waals surface area contributed by atoms with Crippen molar-refractivity contribution >= 4 is 17.5 Å². The predicted octanol–water partition coefficient (Wildman–Crippen LogP) is 3.32. The number of aryl methyl sites for hydroxylation is 1. The van der Waals surface area contributed by atoms with Gasteiger partial charge in [-0.25, -0.2) is 4.39 Å². The number of rotatable bonds is 5. The van der Waals surface area contributed by atoms with Gasteiger partial charge in [0.25, 0.3) is 5.91 Å². The van der Waals surface area contributed by atoms with Crippen molar-refractivity contribution < 1.29 is 14.0 Å². The Morgan fingerprint density at radius 1 is 1.08 bits per heavy atom. The largest absolute Gasteiger partial charge is 0.352 e. The highest BCUT2D eigenvalue weighted by atomic mass is 19.1. The lowest BCUT2D eigenvalue weighted by Crippen LogP contribution is -2.36. The van der Waals surface area contributed by atoms with Crippen LogP contribution in [0.1, 0.15) is 35.2 Å². The van der Waals surface area contributed by atoms with Crippen LogP contribution in [0.3, 0.4) is 0 Å². The number of carbonyl (C=O) groups is 2. The number of carbonyl (C=O) groups excluding carboxylic acids is 2. The summed E-state index contributed by atoms with van der Waals surface area (Å²) in [7, 11) is 0. The number of nitrogens with zero attached hydrogens (tertiary/aromatic N) is 1. The maximum Gasteiger partial charge on any atom is 0.251 e. The first-order valence-electron chi connectivity index (χ1n) is 8.58. The minimum Gasteiger partial charge on any atom is -0.352 e. The minimum atomic E-state index is -0.345. The van der Waals surface area contributed by atoms with E-state index in [0.29, 0.717) is 30.8 Å². The van der Waals surface area contributed by atoms with Crippen molar-refractivity contribution in [3.05, 3.63) is 65.5 Å². The van der Waals surface area contributed by atoms with Crippen molar-refractivity contribution in [2.45, 2.75) is 25.7 Å². The molecule has 0 bridgehead atoms. The number of benzene rings is 2. The average molecular weight is 340 g/mol. The Morgan fingerprint density at radius 3 is 2.68 bits per heavy atom. The quantitative estimate of drug-likeness (QED) is 0.849. The van der Waals surface area contributed by atoms with Crippen LogP contribution in [0.25, 0.3) is 0 Å². The molecule has 2 amide bonds. The van der Waals surface area contributed by atoms with E-state index in [9.17, 15) is 14.0 Å². The maximum absolute atomic E-state index is 14.1. The SMILES string of the molecule is O=C(NCCCC(=O)N1CCCc2cccc(F)c21)c1ccccc1. The monoisotopic (exact) mass is 340 g/mol. The molecule has 0 saturated heterocycles. The van der Waals surface area contributed by atoms with Gasteiger partial charge in [0.1, 0.15) is 5.82 Å². The molecule has 0 spiro atoms. The Labute approximate surface area is 146 Å². The molecule has 0 atom stereocenters. The Bertz CT molecular complexity index is 762. The molecule has 0 saturated carbocycles.